The molecule has 0 spiro atoms. The van der Waals surface area contributed by atoms with Gasteiger partial charge in [-0.3, -0.25) is 52.7 Å². The molecule has 11 amide bonds. The molecule has 1 aliphatic heterocycles. The summed E-state index contributed by atoms with van der Waals surface area (Å²) in [7, 11) is 1.61. The molecule has 0 aromatic heterocycles. The van der Waals surface area contributed by atoms with E-state index in [0.29, 0.717) is 6.42 Å². The summed E-state index contributed by atoms with van der Waals surface area (Å²) in [6.07, 6.45) is -3.57. The normalized spacial score (nSPS) is 24.8. The molecule has 2 aliphatic rings. The van der Waals surface area contributed by atoms with Gasteiger partial charge in [0, 0.05) is 12.5 Å². The molecular weight excluding hydrogens is 1040 g/mol. The molecule has 1 saturated carbocycles. The fraction of sp³-hybridized carbons (Fsp3) is 0.667. The SMILES string of the molecule is CNCC[C@@H]1NC(=O)CNC(=O)[C@@H](CC(C)C)NC(=O)[C@H](CCN)NC(=O)[C@@H](NC(=O)[C@@H](CCN)NC(=O)[C@@H](NC(=O)[C@H](CCN)NC(=O)[C@H]2C[C@@H]2c2ccccc2)C(C)O)CCNC(=O)[C@H](C(C)O)NC(=O)[C@H](CCN)NC1=O. The highest BCUT2D eigenvalue weighted by molar-refractivity contribution is 5.99. The number of carbonyl (C=O) groups is 11. The first-order chi connectivity index (χ1) is 38.0. The van der Waals surface area contributed by atoms with Gasteiger partial charge in [-0.2, -0.15) is 0 Å². The lowest BCUT2D eigenvalue weighted by atomic mass is 10.0. The van der Waals surface area contributed by atoms with Crippen LogP contribution < -0.4 is 86.7 Å². The first kappa shape index (κ1) is 67.4. The number of aliphatic hydroxyl groups excluding tert-OH is 2. The number of carbonyl (C=O) groups excluding carboxylic acids is 11. The van der Waals surface area contributed by atoms with Crippen molar-refractivity contribution in [3.05, 3.63) is 35.9 Å². The van der Waals surface area contributed by atoms with Gasteiger partial charge >= 0.3 is 0 Å². The van der Waals surface area contributed by atoms with Crippen molar-refractivity contribution in [1.82, 2.24) is 63.8 Å². The Hall–Kier alpha value is -6.89. The van der Waals surface area contributed by atoms with E-state index in [9.17, 15) is 63.0 Å². The molecule has 29 nitrogen and oxygen atoms in total. The van der Waals surface area contributed by atoms with Crippen LogP contribution in [0.2, 0.25) is 0 Å². The Morgan fingerprint density at radius 2 is 1.19 bits per heavy atom. The van der Waals surface area contributed by atoms with E-state index in [1.165, 1.54) is 13.8 Å². The van der Waals surface area contributed by atoms with Crippen LogP contribution in [0.4, 0.5) is 0 Å². The summed E-state index contributed by atoms with van der Waals surface area (Å²) in [6, 6.07) is -3.75. The van der Waals surface area contributed by atoms with Crippen molar-refractivity contribution in [2.45, 2.75) is 152 Å². The van der Waals surface area contributed by atoms with E-state index >= 15 is 0 Å². The topological polar surface area (TPSA) is 477 Å². The van der Waals surface area contributed by atoms with Crippen molar-refractivity contribution in [3.63, 3.8) is 0 Å². The van der Waals surface area contributed by atoms with Gasteiger partial charge in [0.05, 0.1) is 18.8 Å². The average Bonchev–Trinajstić information content (AvgIpc) is 4.30. The van der Waals surface area contributed by atoms with Gasteiger partial charge in [-0.1, -0.05) is 44.2 Å². The van der Waals surface area contributed by atoms with E-state index < -0.39 is 157 Å². The van der Waals surface area contributed by atoms with Gasteiger partial charge in [-0.25, -0.2) is 0 Å². The largest absolute Gasteiger partial charge is 0.391 e. The molecule has 29 heteroatoms. The highest BCUT2D eigenvalue weighted by atomic mass is 16.3. The Morgan fingerprint density at radius 1 is 0.625 bits per heavy atom. The number of aliphatic hydroxyl groups is 2. The van der Waals surface area contributed by atoms with Crippen molar-refractivity contribution in [2.24, 2.45) is 34.8 Å². The lowest BCUT2D eigenvalue weighted by Crippen LogP contribution is -2.62. The van der Waals surface area contributed by atoms with Crippen LogP contribution in [-0.2, 0) is 52.7 Å². The molecule has 1 aromatic rings. The minimum absolute atomic E-state index is 0.0283. The zero-order chi connectivity index (χ0) is 59.6. The van der Waals surface area contributed by atoms with Gasteiger partial charge in [-0.15, -0.1) is 0 Å². The number of amides is 11. The van der Waals surface area contributed by atoms with E-state index in [1.54, 1.807) is 20.9 Å². The molecule has 22 N–H and O–H groups in total. The number of nitrogens with two attached hydrogens (primary N) is 4. The number of hydrogen-bond acceptors (Lipinski definition) is 18. The molecule has 1 saturated heterocycles. The third-order valence-electron chi connectivity index (χ3n) is 13.3. The zero-order valence-corrected chi connectivity index (χ0v) is 46.3. The van der Waals surface area contributed by atoms with Gasteiger partial charge < -0.3 is 96.9 Å². The fourth-order valence-electron chi connectivity index (χ4n) is 8.76. The highest BCUT2D eigenvalue weighted by Crippen LogP contribution is 2.47. The minimum Gasteiger partial charge on any atom is -0.391 e. The predicted molar refractivity (Wildman–Crippen MR) is 291 cm³/mol. The smallest absolute Gasteiger partial charge is 0.245 e. The third kappa shape index (κ3) is 22.0. The second kappa shape index (κ2) is 34.3. The fourth-order valence-corrected chi connectivity index (χ4v) is 8.76. The Labute approximate surface area is 465 Å². The van der Waals surface area contributed by atoms with Crippen LogP contribution in [0.15, 0.2) is 30.3 Å². The van der Waals surface area contributed by atoms with Crippen LogP contribution in [0.1, 0.15) is 90.5 Å². The first-order valence-corrected chi connectivity index (χ1v) is 27.1. The van der Waals surface area contributed by atoms with Crippen molar-refractivity contribution in [3.8, 4) is 0 Å². The van der Waals surface area contributed by atoms with Crippen LogP contribution >= 0.6 is 0 Å². The van der Waals surface area contributed by atoms with Crippen LogP contribution in [0.5, 0.6) is 0 Å². The maximum atomic E-state index is 14.3. The van der Waals surface area contributed by atoms with Gasteiger partial charge in [0.1, 0.15) is 54.4 Å². The molecule has 3 rings (SSSR count). The van der Waals surface area contributed by atoms with Gasteiger partial charge in [0.15, 0.2) is 0 Å². The standard InChI is InChI=1S/C51H86N16O13/c1-26(2)23-38-43(72)58-25-39(70)59-36(15-21-56-5)46(75)62-35(14-20-55)49(78)66-40(27(3)68)50(79)57-22-16-37(47(76)61-32(11-17-52)45(74)65-38)63-44(73)33(12-18-53)64-51(80)41(28(4)69)67-48(77)34(13-19-54)60-42(71)31-24-30(31)29-9-7-6-8-10-29/h6-10,26-28,30-38,40-41,56,68-69H,11-25,52-55H2,1-5H3,(H,57,79)(H,58,72)(H,59,70)(H,60,71)(H,61,76)(H,62,75)(H,63,73)(H,64,80)(H,65,74)(H,66,78)(H,67,77)/t27?,28?,30-,31+,32+,33-,34+,35+,36+,37+,38-,40+,41+/m1/s1. The van der Waals surface area contributed by atoms with Crippen molar-refractivity contribution < 1.29 is 63.0 Å². The molecule has 0 bridgehead atoms. The van der Waals surface area contributed by atoms with E-state index in [2.05, 4.69) is 63.8 Å². The minimum atomic E-state index is -1.70. The van der Waals surface area contributed by atoms with Crippen molar-refractivity contribution in [1.29, 1.82) is 0 Å². The zero-order valence-electron chi connectivity index (χ0n) is 46.3. The molecule has 80 heavy (non-hydrogen) atoms. The number of benzene rings is 1. The molecule has 1 aliphatic carbocycles. The van der Waals surface area contributed by atoms with Crippen molar-refractivity contribution >= 4 is 65.0 Å². The van der Waals surface area contributed by atoms with E-state index in [0.717, 1.165) is 5.56 Å². The molecule has 2 fully saturated rings. The molecule has 2 unspecified atom stereocenters. The van der Waals surface area contributed by atoms with Crippen LogP contribution in [-0.4, -0.2) is 195 Å². The molecule has 1 aromatic carbocycles. The van der Waals surface area contributed by atoms with Crippen LogP contribution in [0.3, 0.4) is 0 Å². The molecule has 13 atom stereocenters. The Balaban J connectivity index is 1.96. The van der Waals surface area contributed by atoms with E-state index in [-0.39, 0.29) is 83.1 Å². The molecule has 1 heterocycles. The lowest BCUT2D eigenvalue weighted by molar-refractivity contribution is -0.137. The maximum Gasteiger partial charge on any atom is 0.245 e. The Kier molecular flexibility index (Phi) is 28.9. The Morgan fingerprint density at radius 3 is 1.74 bits per heavy atom. The summed E-state index contributed by atoms with van der Waals surface area (Å²) in [4.78, 5) is 151. The monoisotopic (exact) mass is 1130 g/mol. The second-order valence-electron chi connectivity index (χ2n) is 20.4. The van der Waals surface area contributed by atoms with Gasteiger partial charge in [-0.05, 0) is 122 Å². The maximum absolute atomic E-state index is 14.3. The second-order valence-corrected chi connectivity index (χ2v) is 20.4. The molecular formula is C51H86N16O13. The lowest BCUT2D eigenvalue weighted by Gasteiger charge is -2.28. The van der Waals surface area contributed by atoms with E-state index in [1.807, 2.05) is 30.3 Å². The summed E-state index contributed by atoms with van der Waals surface area (Å²) >= 11 is 0. The third-order valence-corrected chi connectivity index (χ3v) is 13.3. The summed E-state index contributed by atoms with van der Waals surface area (Å²) < 4.78 is 0. The first-order valence-electron chi connectivity index (χ1n) is 27.1. The van der Waals surface area contributed by atoms with Crippen molar-refractivity contribution in [2.75, 3.05) is 52.9 Å². The summed E-state index contributed by atoms with van der Waals surface area (Å²) in [5.41, 5.74) is 24.3. The summed E-state index contributed by atoms with van der Waals surface area (Å²) in [6.45, 7) is 4.52. The van der Waals surface area contributed by atoms with Crippen LogP contribution in [0, 0.1) is 11.8 Å². The Bertz CT molecular complexity index is 2260. The van der Waals surface area contributed by atoms with Gasteiger partial charge in [0.25, 0.3) is 0 Å². The average molecular weight is 1130 g/mol. The number of hydrogen-bond donors (Lipinski definition) is 18. The molecule has 0 radical (unpaired) electrons. The predicted octanol–water partition coefficient (Wildman–Crippen LogP) is -7.40. The number of rotatable bonds is 24. The van der Waals surface area contributed by atoms with E-state index in [4.69, 9.17) is 22.9 Å². The van der Waals surface area contributed by atoms with Gasteiger partial charge in [0.2, 0.25) is 65.0 Å². The molecule has 448 valence electrons. The quantitative estimate of drug-likeness (QED) is 0.0457. The summed E-state index contributed by atoms with van der Waals surface area (Å²) in [5.74, 6) is -10.2. The van der Waals surface area contributed by atoms with Crippen LogP contribution in [0.25, 0.3) is 0 Å². The summed E-state index contributed by atoms with van der Waals surface area (Å²) in [5, 5.41) is 52.0. The highest BCUT2D eigenvalue weighted by Gasteiger charge is 2.45. The number of nitrogens with one attached hydrogen (secondary N) is 12.